The Balaban J connectivity index is 1.30. The van der Waals surface area contributed by atoms with E-state index in [1.54, 1.807) is 19.3 Å². The van der Waals surface area contributed by atoms with E-state index < -0.39 is 0 Å². The van der Waals surface area contributed by atoms with Gasteiger partial charge in [-0.3, -0.25) is 4.79 Å². The Kier molecular flexibility index (Phi) is 3.65. The quantitative estimate of drug-likeness (QED) is 0.847. The number of nitrogens with zero attached hydrogens (tertiary/aromatic N) is 3. The first-order valence-electron chi connectivity index (χ1n) is 7.92. The fraction of sp³-hybridized carbons (Fsp3) is 0.562. The number of hydrogen-bond acceptors (Lipinski definition) is 6. The SMILES string of the molecule is Cc1nnc(C[C@@H]2C[C@@H]3CN(C(=O)Cc4ccco4)C[C@@H]3O2)o1. The van der Waals surface area contributed by atoms with E-state index in [0.717, 1.165) is 13.0 Å². The maximum atomic E-state index is 12.3. The molecule has 0 unspecified atom stereocenters. The van der Waals surface area contributed by atoms with Gasteiger partial charge in [-0.1, -0.05) is 0 Å². The van der Waals surface area contributed by atoms with Crippen LogP contribution in [0.4, 0.5) is 0 Å². The lowest BCUT2D eigenvalue weighted by molar-refractivity contribution is -0.130. The van der Waals surface area contributed by atoms with Gasteiger partial charge in [0.1, 0.15) is 5.76 Å². The Bertz CT molecular complexity index is 667. The maximum Gasteiger partial charge on any atom is 0.230 e. The van der Waals surface area contributed by atoms with Crippen molar-refractivity contribution in [1.29, 1.82) is 0 Å². The van der Waals surface area contributed by atoms with Crippen LogP contribution in [-0.2, 0) is 22.4 Å². The smallest absolute Gasteiger partial charge is 0.230 e. The lowest BCUT2D eigenvalue weighted by atomic mass is 10.0. The maximum absolute atomic E-state index is 12.3. The van der Waals surface area contributed by atoms with Gasteiger partial charge < -0.3 is 18.5 Å². The molecule has 7 heteroatoms. The molecule has 2 aliphatic heterocycles. The minimum Gasteiger partial charge on any atom is -0.469 e. The van der Waals surface area contributed by atoms with Crippen LogP contribution in [0.5, 0.6) is 0 Å². The van der Waals surface area contributed by atoms with E-state index in [9.17, 15) is 4.79 Å². The molecule has 4 heterocycles. The Morgan fingerprint density at radius 1 is 1.39 bits per heavy atom. The van der Waals surface area contributed by atoms with Crippen molar-refractivity contribution < 1.29 is 18.4 Å². The third-order valence-electron chi connectivity index (χ3n) is 4.54. The number of aromatic nitrogens is 2. The third-order valence-corrected chi connectivity index (χ3v) is 4.54. The van der Waals surface area contributed by atoms with Gasteiger partial charge in [0, 0.05) is 25.9 Å². The number of likely N-dealkylation sites (tertiary alicyclic amines) is 1. The highest BCUT2D eigenvalue weighted by Gasteiger charge is 2.43. The number of fused-ring (bicyclic) bond motifs is 1. The van der Waals surface area contributed by atoms with Crippen molar-refractivity contribution in [2.24, 2.45) is 5.92 Å². The summed E-state index contributed by atoms with van der Waals surface area (Å²) in [6, 6.07) is 3.63. The first kappa shape index (κ1) is 14.4. The molecule has 23 heavy (non-hydrogen) atoms. The molecule has 2 aromatic rings. The highest BCUT2D eigenvalue weighted by Crippen LogP contribution is 2.34. The molecule has 2 fully saturated rings. The topological polar surface area (TPSA) is 81.6 Å². The molecule has 2 aliphatic rings. The summed E-state index contributed by atoms with van der Waals surface area (Å²) in [5.74, 6) is 2.40. The fourth-order valence-corrected chi connectivity index (χ4v) is 3.49. The van der Waals surface area contributed by atoms with Crippen LogP contribution in [0.1, 0.15) is 24.0 Å². The second-order valence-electron chi connectivity index (χ2n) is 6.27. The van der Waals surface area contributed by atoms with Gasteiger partial charge in [-0.25, -0.2) is 0 Å². The van der Waals surface area contributed by atoms with Gasteiger partial charge in [0.05, 0.1) is 31.3 Å². The first-order valence-corrected chi connectivity index (χ1v) is 7.92. The summed E-state index contributed by atoms with van der Waals surface area (Å²) in [5.41, 5.74) is 0. The van der Waals surface area contributed by atoms with Gasteiger partial charge in [0.2, 0.25) is 17.7 Å². The minimum absolute atomic E-state index is 0.0991. The summed E-state index contributed by atoms with van der Waals surface area (Å²) in [6.07, 6.45) is 3.70. The molecule has 0 aliphatic carbocycles. The second kappa shape index (κ2) is 5.81. The predicted octanol–water partition coefficient (Wildman–Crippen LogP) is 1.37. The zero-order chi connectivity index (χ0) is 15.8. The molecule has 3 atom stereocenters. The van der Waals surface area contributed by atoms with Gasteiger partial charge in [0.25, 0.3) is 0 Å². The molecular formula is C16H19N3O4. The van der Waals surface area contributed by atoms with Gasteiger partial charge in [-0.15, -0.1) is 10.2 Å². The van der Waals surface area contributed by atoms with Crippen LogP contribution in [0.25, 0.3) is 0 Å². The minimum atomic E-state index is 0.0991. The standard InChI is InChI=1S/C16H19N3O4/c1-10-17-18-15(22-10)6-13-5-11-8-19(9-14(11)23-13)16(20)7-12-3-2-4-21-12/h2-4,11,13-14H,5-9H2,1H3/t11-,13+,14+/m1/s1. The molecule has 4 rings (SSSR count). The molecule has 2 aromatic heterocycles. The van der Waals surface area contributed by atoms with Gasteiger partial charge in [-0.05, 0) is 18.6 Å². The Morgan fingerprint density at radius 3 is 3.00 bits per heavy atom. The van der Waals surface area contributed by atoms with Crippen LogP contribution >= 0.6 is 0 Å². The van der Waals surface area contributed by atoms with E-state index in [0.29, 0.717) is 42.8 Å². The average molecular weight is 317 g/mol. The van der Waals surface area contributed by atoms with Gasteiger partial charge >= 0.3 is 0 Å². The number of hydrogen-bond donors (Lipinski definition) is 0. The summed E-state index contributed by atoms with van der Waals surface area (Å²) in [6.45, 7) is 3.19. The fourth-order valence-electron chi connectivity index (χ4n) is 3.49. The van der Waals surface area contributed by atoms with Crippen molar-refractivity contribution in [3.63, 3.8) is 0 Å². The average Bonchev–Trinajstić information content (AvgIpc) is 3.23. The number of carbonyl (C=O) groups is 1. The lowest BCUT2D eigenvalue weighted by Gasteiger charge is -2.18. The van der Waals surface area contributed by atoms with Crippen LogP contribution in [0, 0.1) is 12.8 Å². The van der Waals surface area contributed by atoms with E-state index in [1.165, 1.54) is 0 Å². The zero-order valence-electron chi connectivity index (χ0n) is 13.0. The van der Waals surface area contributed by atoms with Crippen LogP contribution in [-0.4, -0.2) is 46.3 Å². The Labute approximate surface area is 133 Å². The van der Waals surface area contributed by atoms with Crippen molar-refractivity contribution in [3.8, 4) is 0 Å². The molecule has 0 aromatic carbocycles. The highest BCUT2D eigenvalue weighted by molar-refractivity contribution is 5.78. The zero-order valence-corrected chi connectivity index (χ0v) is 13.0. The summed E-state index contributed by atoms with van der Waals surface area (Å²) in [4.78, 5) is 14.2. The summed E-state index contributed by atoms with van der Waals surface area (Å²) >= 11 is 0. The number of aryl methyl sites for hydroxylation is 1. The monoisotopic (exact) mass is 317 g/mol. The summed E-state index contributed by atoms with van der Waals surface area (Å²) < 4.78 is 16.7. The largest absolute Gasteiger partial charge is 0.469 e. The van der Waals surface area contributed by atoms with E-state index in [4.69, 9.17) is 13.6 Å². The van der Waals surface area contributed by atoms with Crippen LogP contribution in [0.2, 0.25) is 0 Å². The molecule has 7 nitrogen and oxygen atoms in total. The predicted molar refractivity (Wildman–Crippen MR) is 78.5 cm³/mol. The normalized spacial score (nSPS) is 26.7. The summed E-state index contributed by atoms with van der Waals surface area (Å²) in [7, 11) is 0. The summed E-state index contributed by atoms with van der Waals surface area (Å²) in [5, 5.41) is 7.85. The molecule has 0 spiro atoms. The van der Waals surface area contributed by atoms with Crippen molar-refractivity contribution in [1.82, 2.24) is 15.1 Å². The highest BCUT2D eigenvalue weighted by atomic mass is 16.5. The molecule has 1 amide bonds. The molecule has 0 saturated carbocycles. The van der Waals surface area contributed by atoms with Crippen LogP contribution < -0.4 is 0 Å². The Hall–Kier alpha value is -2.15. The molecule has 2 saturated heterocycles. The van der Waals surface area contributed by atoms with Gasteiger partial charge in [0.15, 0.2) is 0 Å². The molecular weight excluding hydrogens is 298 g/mol. The number of ether oxygens (including phenoxy) is 1. The third kappa shape index (κ3) is 3.01. The number of rotatable bonds is 4. The number of furan rings is 1. The van der Waals surface area contributed by atoms with Crippen LogP contribution in [0.15, 0.2) is 27.2 Å². The van der Waals surface area contributed by atoms with E-state index in [1.807, 2.05) is 11.0 Å². The lowest BCUT2D eigenvalue weighted by Crippen LogP contribution is -2.32. The molecule has 0 bridgehead atoms. The molecule has 0 N–H and O–H groups in total. The number of amides is 1. The van der Waals surface area contributed by atoms with Crippen molar-refractivity contribution in [2.45, 2.75) is 38.4 Å². The van der Waals surface area contributed by atoms with Crippen molar-refractivity contribution >= 4 is 5.91 Å². The number of carbonyl (C=O) groups excluding carboxylic acids is 1. The van der Waals surface area contributed by atoms with Crippen molar-refractivity contribution in [2.75, 3.05) is 13.1 Å². The van der Waals surface area contributed by atoms with Gasteiger partial charge in [-0.2, -0.15) is 0 Å². The van der Waals surface area contributed by atoms with E-state index in [2.05, 4.69) is 10.2 Å². The Morgan fingerprint density at radius 2 is 2.30 bits per heavy atom. The van der Waals surface area contributed by atoms with E-state index >= 15 is 0 Å². The van der Waals surface area contributed by atoms with Crippen molar-refractivity contribution in [3.05, 3.63) is 35.9 Å². The first-order chi connectivity index (χ1) is 11.2. The molecule has 122 valence electrons. The van der Waals surface area contributed by atoms with E-state index in [-0.39, 0.29) is 18.1 Å². The second-order valence-corrected chi connectivity index (χ2v) is 6.27. The van der Waals surface area contributed by atoms with Crippen LogP contribution in [0.3, 0.4) is 0 Å². The molecule has 0 radical (unpaired) electrons.